The number of hydrogen-bond donors (Lipinski definition) is 0. The summed E-state index contributed by atoms with van der Waals surface area (Å²) in [6.45, 7) is 1.97. The predicted octanol–water partition coefficient (Wildman–Crippen LogP) is 2.65. The van der Waals surface area contributed by atoms with Crippen LogP contribution in [-0.2, 0) is 10.0 Å². The molecule has 3 rings (SSSR count). The lowest BCUT2D eigenvalue weighted by Crippen LogP contribution is -2.35. The Labute approximate surface area is 120 Å². The van der Waals surface area contributed by atoms with Gasteiger partial charge in [-0.1, -0.05) is 12.5 Å². The van der Waals surface area contributed by atoms with Crippen molar-refractivity contribution in [2.45, 2.75) is 37.0 Å². The number of hydrogen-bond acceptors (Lipinski definition) is 3. The molecule has 0 unspecified atom stereocenters. The van der Waals surface area contributed by atoms with E-state index in [2.05, 4.69) is 0 Å². The van der Waals surface area contributed by atoms with E-state index in [1.165, 1.54) is 12.8 Å². The smallest absolute Gasteiger partial charge is 0.243 e. The van der Waals surface area contributed by atoms with Crippen LogP contribution in [0.25, 0.3) is 0 Å². The quantitative estimate of drug-likeness (QED) is 0.839. The standard InChI is InChI=1S/C15H21NO3S/c17-20(18,16-9-2-1-3-10-16)15-6-4-5-14(11-15)19-12-13-7-8-13/h4-6,11,13H,1-3,7-10,12H2. The molecule has 1 saturated heterocycles. The van der Waals surface area contributed by atoms with Crippen LogP contribution in [0.1, 0.15) is 32.1 Å². The molecule has 1 aromatic rings. The van der Waals surface area contributed by atoms with E-state index in [0.717, 1.165) is 19.3 Å². The monoisotopic (exact) mass is 295 g/mol. The molecule has 0 bridgehead atoms. The first-order valence-electron chi connectivity index (χ1n) is 7.39. The first kappa shape index (κ1) is 13.9. The number of benzene rings is 1. The summed E-state index contributed by atoms with van der Waals surface area (Å²) in [5.74, 6) is 1.33. The van der Waals surface area contributed by atoms with E-state index in [9.17, 15) is 8.42 Å². The van der Waals surface area contributed by atoms with Gasteiger partial charge in [0.15, 0.2) is 0 Å². The van der Waals surface area contributed by atoms with E-state index >= 15 is 0 Å². The molecule has 0 aromatic heterocycles. The van der Waals surface area contributed by atoms with Crippen LogP contribution in [0.15, 0.2) is 29.2 Å². The van der Waals surface area contributed by atoms with E-state index in [0.29, 0.717) is 36.3 Å². The molecular weight excluding hydrogens is 274 g/mol. The average Bonchev–Trinajstić information content (AvgIpc) is 3.31. The zero-order valence-corrected chi connectivity index (χ0v) is 12.4. The van der Waals surface area contributed by atoms with Gasteiger partial charge in [0.1, 0.15) is 5.75 Å². The fraction of sp³-hybridized carbons (Fsp3) is 0.600. The second-order valence-corrected chi connectivity index (χ2v) is 7.63. The molecule has 1 aromatic carbocycles. The Hall–Kier alpha value is -1.07. The molecule has 2 aliphatic rings. The van der Waals surface area contributed by atoms with Gasteiger partial charge in [-0.25, -0.2) is 8.42 Å². The lowest BCUT2D eigenvalue weighted by molar-refractivity contribution is 0.298. The van der Waals surface area contributed by atoms with Crippen molar-refractivity contribution in [1.29, 1.82) is 0 Å². The molecule has 0 N–H and O–H groups in total. The lowest BCUT2D eigenvalue weighted by Gasteiger charge is -2.26. The maximum absolute atomic E-state index is 12.6. The second kappa shape index (κ2) is 5.74. The zero-order chi connectivity index (χ0) is 14.0. The number of ether oxygens (including phenoxy) is 1. The molecule has 5 heteroatoms. The minimum atomic E-state index is -3.35. The molecule has 1 aliphatic heterocycles. The van der Waals surface area contributed by atoms with Crippen LogP contribution in [0.2, 0.25) is 0 Å². The molecule has 0 radical (unpaired) electrons. The van der Waals surface area contributed by atoms with Gasteiger partial charge in [0, 0.05) is 19.2 Å². The Kier molecular flexibility index (Phi) is 3.98. The number of piperidine rings is 1. The third-order valence-corrected chi connectivity index (χ3v) is 5.84. The van der Waals surface area contributed by atoms with Gasteiger partial charge in [0.05, 0.1) is 11.5 Å². The largest absolute Gasteiger partial charge is 0.493 e. The summed E-state index contributed by atoms with van der Waals surface area (Å²) in [6, 6.07) is 6.91. The summed E-state index contributed by atoms with van der Waals surface area (Å²) in [7, 11) is -3.35. The fourth-order valence-corrected chi connectivity index (χ4v) is 4.03. The van der Waals surface area contributed by atoms with Crippen LogP contribution in [0.5, 0.6) is 5.75 Å². The van der Waals surface area contributed by atoms with Gasteiger partial charge < -0.3 is 4.74 Å². The maximum atomic E-state index is 12.6. The molecule has 110 valence electrons. The topological polar surface area (TPSA) is 46.6 Å². The highest BCUT2D eigenvalue weighted by atomic mass is 32.2. The maximum Gasteiger partial charge on any atom is 0.243 e. The summed E-state index contributed by atoms with van der Waals surface area (Å²) >= 11 is 0. The normalized spacial score (nSPS) is 20.8. The van der Waals surface area contributed by atoms with Crippen LogP contribution in [0.3, 0.4) is 0 Å². The second-order valence-electron chi connectivity index (χ2n) is 5.69. The van der Waals surface area contributed by atoms with E-state index in [4.69, 9.17) is 4.74 Å². The Morgan fingerprint density at radius 1 is 1.15 bits per heavy atom. The van der Waals surface area contributed by atoms with E-state index < -0.39 is 10.0 Å². The first-order valence-corrected chi connectivity index (χ1v) is 8.83. The van der Waals surface area contributed by atoms with Crippen molar-refractivity contribution in [1.82, 2.24) is 4.31 Å². The summed E-state index contributed by atoms with van der Waals surface area (Å²) in [4.78, 5) is 0.354. The SMILES string of the molecule is O=S(=O)(c1cccc(OCC2CC2)c1)N1CCCCC1. The first-order chi connectivity index (χ1) is 9.66. The molecule has 4 nitrogen and oxygen atoms in total. The minimum absolute atomic E-state index is 0.354. The summed E-state index contributed by atoms with van der Waals surface area (Å²) < 4.78 is 32.4. The zero-order valence-electron chi connectivity index (χ0n) is 11.6. The van der Waals surface area contributed by atoms with Gasteiger partial charge in [-0.15, -0.1) is 0 Å². The highest BCUT2D eigenvalue weighted by Crippen LogP contribution is 2.30. The Bertz CT molecular complexity index is 560. The van der Waals surface area contributed by atoms with Gasteiger partial charge in [0.2, 0.25) is 10.0 Å². The molecule has 2 fully saturated rings. The molecule has 1 heterocycles. The van der Waals surface area contributed by atoms with Crippen LogP contribution in [0, 0.1) is 5.92 Å². The van der Waals surface area contributed by atoms with Crippen molar-refractivity contribution in [3.8, 4) is 5.75 Å². The molecule has 1 aliphatic carbocycles. The average molecular weight is 295 g/mol. The van der Waals surface area contributed by atoms with Crippen LogP contribution < -0.4 is 4.74 Å². The van der Waals surface area contributed by atoms with Gasteiger partial charge in [-0.3, -0.25) is 0 Å². The third kappa shape index (κ3) is 3.15. The van der Waals surface area contributed by atoms with Crippen LogP contribution in [0.4, 0.5) is 0 Å². The van der Waals surface area contributed by atoms with Crippen LogP contribution >= 0.6 is 0 Å². The van der Waals surface area contributed by atoms with Gasteiger partial charge in [-0.2, -0.15) is 4.31 Å². The molecular formula is C15H21NO3S. The summed E-state index contributed by atoms with van der Waals surface area (Å²) in [5.41, 5.74) is 0. The molecule has 0 amide bonds. The highest BCUT2D eigenvalue weighted by molar-refractivity contribution is 7.89. The number of sulfonamides is 1. The van der Waals surface area contributed by atoms with Crippen molar-refractivity contribution in [2.75, 3.05) is 19.7 Å². The lowest BCUT2D eigenvalue weighted by atomic mass is 10.2. The van der Waals surface area contributed by atoms with Gasteiger partial charge in [0.25, 0.3) is 0 Å². The minimum Gasteiger partial charge on any atom is -0.493 e. The summed E-state index contributed by atoms with van der Waals surface area (Å²) in [5, 5.41) is 0. The van der Waals surface area contributed by atoms with Crippen molar-refractivity contribution in [2.24, 2.45) is 5.92 Å². The highest BCUT2D eigenvalue weighted by Gasteiger charge is 2.26. The molecule has 0 spiro atoms. The predicted molar refractivity (Wildman–Crippen MR) is 77.3 cm³/mol. The van der Waals surface area contributed by atoms with Crippen LogP contribution in [-0.4, -0.2) is 32.4 Å². The molecule has 20 heavy (non-hydrogen) atoms. The Balaban J connectivity index is 1.75. The Morgan fingerprint density at radius 3 is 2.60 bits per heavy atom. The van der Waals surface area contributed by atoms with Gasteiger partial charge in [-0.05, 0) is 43.7 Å². The van der Waals surface area contributed by atoms with Crippen molar-refractivity contribution >= 4 is 10.0 Å². The number of nitrogens with zero attached hydrogens (tertiary/aromatic N) is 1. The Morgan fingerprint density at radius 2 is 1.90 bits per heavy atom. The van der Waals surface area contributed by atoms with Crippen molar-refractivity contribution in [3.05, 3.63) is 24.3 Å². The van der Waals surface area contributed by atoms with E-state index in [-0.39, 0.29) is 0 Å². The van der Waals surface area contributed by atoms with E-state index in [1.54, 1.807) is 22.5 Å². The van der Waals surface area contributed by atoms with Gasteiger partial charge >= 0.3 is 0 Å². The molecule has 0 atom stereocenters. The van der Waals surface area contributed by atoms with E-state index in [1.807, 2.05) is 6.07 Å². The number of rotatable bonds is 5. The fourth-order valence-electron chi connectivity index (χ4n) is 2.48. The third-order valence-electron chi connectivity index (χ3n) is 3.94. The van der Waals surface area contributed by atoms with Crippen molar-refractivity contribution in [3.63, 3.8) is 0 Å². The summed E-state index contributed by atoms with van der Waals surface area (Å²) in [6.07, 6.45) is 5.49. The van der Waals surface area contributed by atoms with Crippen molar-refractivity contribution < 1.29 is 13.2 Å². The molecule has 1 saturated carbocycles.